The molecule has 0 atom stereocenters. The Morgan fingerprint density at radius 3 is 2.97 bits per heavy atom. The molecule has 0 aliphatic carbocycles. The molecule has 1 N–H and O–H groups in total. The van der Waals surface area contributed by atoms with E-state index in [-0.39, 0.29) is 5.97 Å². The minimum Gasteiger partial charge on any atom is -0.466 e. The molecule has 1 aliphatic rings. The monoisotopic (exact) mass is 524 g/mol. The summed E-state index contributed by atoms with van der Waals surface area (Å²) >= 11 is 3.23. The van der Waals surface area contributed by atoms with E-state index in [0.717, 1.165) is 55.4 Å². The molecule has 0 unspecified atom stereocenters. The van der Waals surface area contributed by atoms with E-state index in [0.29, 0.717) is 26.3 Å². The molecule has 3 aromatic heterocycles. The van der Waals surface area contributed by atoms with Crippen LogP contribution in [0.15, 0.2) is 58.2 Å². The maximum absolute atomic E-state index is 11.6. The molecule has 4 aromatic rings. The number of aromatic amines is 1. The van der Waals surface area contributed by atoms with Crippen LogP contribution >= 0.6 is 23.5 Å². The Morgan fingerprint density at radius 1 is 1.22 bits per heavy atom. The van der Waals surface area contributed by atoms with Gasteiger partial charge in [-0.3, -0.25) is 9.69 Å². The SMILES string of the molecule is CCOC(=O)CCCSc1ncnc2[nH]c[n+](Cc3ccc4c(c3)N(COC)c3nccnc3S4)c12. The van der Waals surface area contributed by atoms with E-state index < -0.39 is 0 Å². The molecular formula is C24H26N7O3S2+. The number of carbonyl (C=O) groups excluding carboxylic acids is 1. The summed E-state index contributed by atoms with van der Waals surface area (Å²) in [7, 11) is 1.68. The van der Waals surface area contributed by atoms with Gasteiger partial charge in [0.25, 0.3) is 5.65 Å². The summed E-state index contributed by atoms with van der Waals surface area (Å²) in [5, 5.41) is 1.74. The molecule has 0 saturated heterocycles. The van der Waals surface area contributed by atoms with Crippen molar-refractivity contribution in [2.24, 2.45) is 0 Å². The number of anilines is 2. The normalized spacial score (nSPS) is 12.4. The zero-order chi connectivity index (χ0) is 24.9. The number of H-pyrrole nitrogens is 1. The Balaban J connectivity index is 1.37. The van der Waals surface area contributed by atoms with E-state index >= 15 is 0 Å². The number of thioether (sulfide) groups is 1. The number of rotatable bonds is 10. The van der Waals surface area contributed by atoms with Gasteiger partial charge in [0.15, 0.2) is 10.8 Å². The van der Waals surface area contributed by atoms with E-state index in [1.165, 1.54) is 0 Å². The van der Waals surface area contributed by atoms with Crippen LogP contribution in [-0.2, 0) is 20.8 Å². The zero-order valence-electron chi connectivity index (χ0n) is 20.0. The van der Waals surface area contributed by atoms with Crippen molar-refractivity contribution in [1.82, 2.24) is 24.9 Å². The summed E-state index contributed by atoms with van der Waals surface area (Å²) < 4.78 is 12.6. The number of nitrogens with one attached hydrogen (secondary N) is 1. The van der Waals surface area contributed by atoms with Gasteiger partial charge in [0.2, 0.25) is 11.8 Å². The van der Waals surface area contributed by atoms with E-state index in [4.69, 9.17) is 9.47 Å². The number of ether oxygens (including phenoxy) is 2. The van der Waals surface area contributed by atoms with Crippen LogP contribution in [0, 0.1) is 0 Å². The number of methoxy groups -OCH3 is 1. The molecular weight excluding hydrogens is 498 g/mol. The summed E-state index contributed by atoms with van der Waals surface area (Å²) in [6.45, 7) is 3.24. The summed E-state index contributed by atoms with van der Waals surface area (Å²) in [4.78, 5) is 36.0. The zero-order valence-corrected chi connectivity index (χ0v) is 21.6. The molecule has 10 nitrogen and oxygen atoms in total. The third-order valence-electron chi connectivity index (χ3n) is 5.54. The first kappa shape index (κ1) is 24.5. The van der Waals surface area contributed by atoms with Crippen LogP contribution in [0.3, 0.4) is 0 Å². The molecule has 0 fully saturated rings. The fourth-order valence-corrected chi connectivity index (χ4v) is 5.93. The second kappa shape index (κ2) is 11.2. The molecule has 4 heterocycles. The van der Waals surface area contributed by atoms with Gasteiger partial charge in [-0.05, 0) is 31.0 Å². The molecule has 1 aromatic carbocycles. The summed E-state index contributed by atoms with van der Waals surface area (Å²) in [6, 6.07) is 6.41. The second-order valence-electron chi connectivity index (χ2n) is 7.97. The van der Waals surface area contributed by atoms with Crippen molar-refractivity contribution < 1.29 is 18.8 Å². The van der Waals surface area contributed by atoms with E-state index in [1.54, 1.807) is 49.4 Å². The maximum atomic E-state index is 11.6. The quantitative estimate of drug-likeness (QED) is 0.108. The predicted octanol–water partition coefficient (Wildman–Crippen LogP) is 3.73. The molecule has 0 amide bonds. The van der Waals surface area contributed by atoms with Gasteiger partial charge in [0.05, 0.1) is 12.3 Å². The second-order valence-corrected chi connectivity index (χ2v) is 10.1. The van der Waals surface area contributed by atoms with E-state index in [1.807, 2.05) is 18.2 Å². The maximum Gasteiger partial charge on any atom is 0.305 e. The lowest BCUT2D eigenvalue weighted by Gasteiger charge is -2.30. The van der Waals surface area contributed by atoms with Gasteiger partial charge in [-0.15, -0.1) is 11.8 Å². The Labute approximate surface area is 216 Å². The van der Waals surface area contributed by atoms with Crippen molar-refractivity contribution in [3.05, 3.63) is 48.8 Å². The Bertz CT molecular complexity index is 1380. The predicted molar refractivity (Wildman–Crippen MR) is 136 cm³/mol. The van der Waals surface area contributed by atoms with Crippen LogP contribution in [-0.4, -0.2) is 57.1 Å². The topological polar surface area (TPSA) is 110 Å². The van der Waals surface area contributed by atoms with Gasteiger partial charge < -0.3 is 9.47 Å². The van der Waals surface area contributed by atoms with Gasteiger partial charge in [-0.25, -0.2) is 24.5 Å². The Kier molecular flexibility index (Phi) is 7.63. The van der Waals surface area contributed by atoms with Gasteiger partial charge in [-0.2, -0.15) is 4.98 Å². The van der Waals surface area contributed by atoms with Crippen LogP contribution in [0.5, 0.6) is 0 Å². The molecule has 0 bridgehead atoms. The van der Waals surface area contributed by atoms with Crippen molar-refractivity contribution >= 4 is 52.2 Å². The molecule has 36 heavy (non-hydrogen) atoms. The highest BCUT2D eigenvalue weighted by Crippen LogP contribution is 2.46. The lowest BCUT2D eigenvalue weighted by atomic mass is 10.1. The van der Waals surface area contributed by atoms with Gasteiger partial charge >= 0.3 is 5.97 Å². The number of carbonyl (C=O) groups is 1. The van der Waals surface area contributed by atoms with Gasteiger partial charge in [-0.1, -0.05) is 17.8 Å². The summed E-state index contributed by atoms with van der Waals surface area (Å²) in [6.07, 6.45) is 8.02. The first-order valence-electron chi connectivity index (χ1n) is 11.6. The first-order valence-corrected chi connectivity index (χ1v) is 13.4. The molecule has 0 radical (unpaired) electrons. The highest BCUT2D eigenvalue weighted by molar-refractivity contribution is 7.99. The average Bonchev–Trinajstić information content (AvgIpc) is 3.30. The Morgan fingerprint density at radius 2 is 2.11 bits per heavy atom. The van der Waals surface area contributed by atoms with Gasteiger partial charge in [0.1, 0.15) is 24.6 Å². The number of hydrogen-bond acceptors (Lipinski definition) is 10. The molecule has 12 heteroatoms. The van der Waals surface area contributed by atoms with Crippen molar-refractivity contribution in [3.63, 3.8) is 0 Å². The van der Waals surface area contributed by atoms with Crippen molar-refractivity contribution in [3.8, 4) is 0 Å². The number of esters is 1. The fourth-order valence-electron chi connectivity index (χ4n) is 3.99. The highest BCUT2D eigenvalue weighted by Gasteiger charge is 2.26. The van der Waals surface area contributed by atoms with Crippen LogP contribution in [0.25, 0.3) is 11.2 Å². The minimum atomic E-state index is -0.163. The Hall–Kier alpha value is -3.22. The van der Waals surface area contributed by atoms with Crippen molar-refractivity contribution in [2.45, 2.75) is 41.3 Å². The lowest BCUT2D eigenvalue weighted by Crippen LogP contribution is -2.33. The standard InChI is InChI=1S/C24H25N7O3S2/c1-3-34-19(32)5-4-10-35-23-20-21(27-13-28-23)29-14-30(20)12-16-6-7-18-17(11-16)31(15-33-2)22-24(36-18)26-9-8-25-22/h6-9,11,13-14H,3-5,10,12,15H2,1-2H3/p+1. The number of nitrogens with zero attached hydrogens (tertiary/aromatic N) is 6. The molecule has 5 rings (SSSR count). The van der Waals surface area contributed by atoms with Gasteiger partial charge in [0, 0.05) is 36.6 Å². The third kappa shape index (κ3) is 5.15. The minimum absolute atomic E-state index is 0.163. The lowest BCUT2D eigenvalue weighted by molar-refractivity contribution is -0.663. The van der Waals surface area contributed by atoms with Crippen LogP contribution < -0.4 is 9.47 Å². The third-order valence-corrected chi connectivity index (χ3v) is 7.65. The highest BCUT2D eigenvalue weighted by atomic mass is 32.2. The van der Waals surface area contributed by atoms with Crippen LogP contribution in [0.1, 0.15) is 25.3 Å². The smallest absolute Gasteiger partial charge is 0.305 e. The van der Waals surface area contributed by atoms with Crippen LogP contribution in [0.4, 0.5) is 11.5 Å². The average molecular weight is 525 g/mol. The summed E-state index contributed by atoms with van der Waals surface area (Å²) in [5.74, 6) is 1.39. The van der Waals surface area contributed by atoms with E-state index in [2.05, 4.69) is 47.7 Å². The number of aromatic nitrogens is 6. The summed E-state index contributed by atoms with van der Waals surface area (Å²) in [5.41, 5.74) is 3.88. The van der Waals surface area contributed by atoms with Crippen molar-refractivity contribution in [2.75, 3.05) is 31.1 Å². The number of hydrogen-bond donors (Lipinski definition) is 1. The first-order chi connectivity index (χ1) is 17.7. The largest absolute Gasteiger partial charge is 0.466 e. The van der Waals surface area contributed by atoms with Crippen molar-refractivity contribution in [1.29, 1.82) is 0 Å². The number of imidazole rings is 1. The van der Waals surface area contributed by atoms with E-state index in [9.17, 15) is 4.79 Å². The number of benzene rings is 1. The molecule has 1 aliphatic heterocycles. The molecule has 186 valence electrons. The molecule has 0 spiro atoms. The molecule has 0 saturated carbocycles. The number of fused-ring (bicyclic) bond motifs is 3. The fraction of sp³-hybridized carbons (Fsp3) is 0.333. The van der Waals surface area contributed by atoms with Crippen LogP contribution in [0.2, 0.25) is 0 Å².